The molecule has 2 atom stereocenters. The van der Waals surface area contributed by atoms with Crippen molar-refractivity contribution in [3.05, 3.63) is 95.1 Å². The maximum absolute atomic E-state index is 10.6. The standard InChI is InChI=1S/C26H32N2O4/c27-15-20-12-11-19(13-21(29)17-31-23-7-3-1-4-8-23)26(16-28)25(20)14-22(30)18-32-24-9-5-2-6-10-24/h1-12,21-22,29-30H,13-18,27-28H2. The Morgan fingerprint density at radius 1 is 0.594 bits per heavy atom. The van der Waals surface area contributed by atoms with Crippen LogP contribution >= 0.6 is 0 Å². The molecular formula is C26H32N2O4. The van der Waals surface area contributed by atoms with Gasteiger partial charge in [0.2, 0.25) is 0 Å². The van der Waals surface area contributed by atoms with Gasteiger partial charge in [-0.15, -0.1) is 0 Å². The van der Waals surface area contributed by atoms with Crippen molar-refractivity contribution in [1.29, 1.82) is 0 Å². The van der Waals surface area contributed by atoms with Gasteiger partial charge in [0.05, 0.1) is 12.2 Å². The average Bonchev–Trinajstić information content (AvgIpc) is 2.83. The van der Waals surface area contributed by atoms with E-state index in [1.165, 1.54) is 0 Å². The van der Waals surface area contributed by atoms with E-state index in [4.69, 9.17) is 20.9 Å². The lowest BCUT2D eigenvalue weighted by molar-refractivity contribution is 0.106. The lowest BCUT2D eigenvalue weighted by Crippen LogP contribution is -2.25. The number of hydrogen-bond donors (Lipinski definition) is 4. The Bertz CT molecular complexity index is 951. The molecule has 0 fully saturated rings. The lowest BCUT2D eigenvalue weighted by atomic mass is 9.90. The van der Waals surface area contributed by atoms with E-state index < -0.39 is 12.2 Å². The first kappa shape index (κ1) is 23.8. The molecule has 32 heavy (non-hydrogen) atoms. The highest BCUT2D eigenvalue weighted by molar-refractivity contribution is 5.42. The van der Waals surface area contributed by atoms with Gasteiger partial charge >= 0.3 is 0 Å². The fourth-order valence-corrected chi connectivity index (χ4v) is 3.71. The normalized spacial score (nSPS) is 12.9. The number of nitrogens with two attached hydrogens (primary N) is 2. The molecule has 3 aromatic rings. The van der Waals surface area contributed by atoms with Crippen molar-refractivity contribution in [3.8, 4) is 11.5 Å². The Kier molecular flexibility index (Phi) is 9.07. The predicted octanol–water partition coefficient (Wildman–Crippen LogP) is 2.57. The minimum absolute atomic E-state index is 0.163. The predicted molar refractivity (Wildman–Crippen MR) is 126 cm³/mol. The third kappa shape index (κ3) is 6.80. The van der Waals surface area contributed by atoms with Crippen molar-refractivity contribution >= 4 is 0 Å². The van der Waals surface area contributed by atoms with Crippen LogP contribution in [-0.4, -0.2) is 35.6 Å². The molecule has 0 bridgehead atoms. The number of ether oxygens (including phenoxy) is 2. The van der Waals surface area contributed by atoms with Crippen LogP contribution in [-0.2, 0) is 25.9 Å². The van der Waals surface area contributed by atoms with Gasteiger partial charge in [0, 0.05) is 25.9 Å². The zero-order valence-corrected chi connectivity index (χ0v) is 18.2. The van der Waals surface area contributed by atoms with Crippen LogP contribution in [0.3, 0.4) is 0 Å². The fourth-order valence-electron chi connectivity index (χ4n) is 3.71. The summed E-state index contributed by atoms with van der Waals surface area (Å²) in [5, 5.41) is 21.1. The number of rotatable bonds is 12. The largest absolute Gasteiger partial charge is 0.491 e. The van der Waals surface area contributed by atoms with Crippen LogP contribution in [0.25, 0.3) is 0 Å². The molecule has 0 saturated heterocycles. The molecule has 0 aliphatic heterocycles. The number of hydrogen-bond acceptors (Lipinski definition) is 6. The zero-order chi connectivity index (χ0) is 22.8. The minimum Gasteiger partial charge on any atom is -0.491 e. The van der Waals surface area contributed by atoms with E-state index in [1.807, 2.05) is 72.8 Å². The summed E-state index contributed by atoms with van der Waals surface area (Å²) in [7, 11) is 0. The Morgan fingerprint density at radius 2 is 1.09 bits per heavy atom. The van der Waals surface area contributed by atoms with E-state index in [1.54, 1.807) is 0 Å². The Labute approximate surface area is 189 Å². The SMILES string of the molecule is NCc1ccc(CC(O)COc2ccccc2)c(CN)c1CC(O)COc1ccccc1. The van der Waals surface area contributed by atoms with Crippen LogP contribution in [0.4, 0.5) is 0 Å². The summed E-state index contributed by atoms with van der Waals surface area (Å²) in [6.45, 7) is 0.969. The molecule has 0 aliphatic carbocycles. The van der Waals surface area contributed by atoms with Crippen LogP contribution in [0.1, 0.15) is 22.3 Å². The molecule has 2 unspecified atom stereocenters. The molecular weight excluding hydrogens is 404 g/mol. The highest BCUT2D eigenvalue weighted by Gasteiger charge is 2.18. The first-order valence-corrected chi connectivity index (χ1v) is 10.8. The smallest absolute Gasteiger partial charge is 0.119 e. The molecule has 3 aromatic carbocycles. The molecule has 170 valence electrons. The van der Waals surface area contributed by atoms with Crippen molar-refractivity contribution in [2.24, 2.45) is 11.5 Å². The third-order valence-corrected chi connectivity index (χ3v) is 5.32. The molecule has 0 radical (unpaired) electrons. The van der Waals surface area contributed by atoms with Crippen molar-refractivity contribution in [2.45, 2.75) is 38.1 Å². The van der Waals surface area contributed by atoms with Gasteiger partial charge < -0.3 is 31.2 Å². The van der Waals surface area contributed by atoms with Crippen molar-refractivity contribution < 1.29 is 19.7 Å². The summed E-state index contributed by atoms with van der Waals surface area (Å²) < 4.78 is 11.4. The third-order valence-electron chi connectivity index (χ3n) is 5.32. The van der Waals surface area contributed by atoms with Gasteiger partial charge in [-0.25, -0.2) is 0 Å². The average molecular weight is 437 g/mol. The number of aliphatic hydroxyl groups is 2. The second-order valence-electron chi connectivity index (χ2n) is 7.71. The summed E-state index contributed by atoms with van der Waals surface area (Å²) in [4.78, 5) is 0. The molecule has 0 aliphatic rings. The Hall–Kier alpha value is -2.90. The van der Waals surface area contributed by atoms with Gasteiger partial charge in [-0.3, -0.25) is 0 Å². The number of aliphatic hydroxyl groups excluding tert-OH is 2. The Balaban J connectivity index is 1.67. The molecule has 3 rings (SSSR count). The zero-order valence-electron chi connectivity index (χ0n) is 18.2. The van der Waals surface area contributed by atoms with Crippen LogP contribution in [0.15, 0.2) is 72.8 Å². The number of benzene rings is 3. The molecule has 0 saturated carbocycles. The van der Waals surface area contributed by atoms with Crippen molar-refractivity contribution in [3.63, 3.8) is 0 Å². The van der Waals surface area contributed by atoms with E-state index >= 15 is 0 Å². The van der Waals surface area contributed by atoms with Crippen molar-refractivity contribution in [1.82, 2.24) is 0 Å². The van der Waals surface area contributed by atoms with Gasteiger partial charge in [-0.05, 0) is 46.5 Å². The minimum atomic E-state index is -0.715. The van der Waals surface area contributed by atoms with Gasteiger partial charge in [-0.2, -0.15) is 0 Å². The molecule has 0 spiro atoms. The highest BCUT2D eigenvalue weighted by atomic mass is 16.5. The summed E-state index contributed by atoms with van der Waals surface area (Å²) >= 11 is 0. The summed E-state index contributed by atoms with van der Waals surface area (Å²) in [5.41, 5.74) is 15.7. The van der Waals surface area contributed by atoms with E-state index in [0.717, 1.165) is 22.3 Å². The second kappa shape index (κ2) is 12.2. The topological polar surface area (TPSA) is 111 Å². The van der Waals surface area contributed by atoms with Crippen molar-refractivity contribution in [2.75, 3.05) is 13.2 Å². The first-order valence-electron chi connectivity index (χ1n) is 10.8. The molecule has 0 heterocycles. The molecule has 6 nitrogen and oxygen atoms in total. The molecule has 6 N–H and O–H groups in total. The van der Waals surface area contributed by atoms with Gasteiger partial charge in [-0.1, -0.05) is 48.5 Å². The van der Waals surface area contributed by atoms with E-state index in [-0.39, 0.29) is 19.8 Å². The van der Waals surface area contributed by atoms with Crippen LogP contribution < -0.4 is 20.9 Å². The molecule has 0 aromatic heterocycles. The van der Waals surface area contributed by atoms with Gasteiger partial charge in [0.15, 0.2) is 0 Å². The van der Waals surface area contributed by atoms with E-state index in [2.05, 4.69) is 0 Å². The molecule has 0 amide bonds. The van der Waals surface area contributed by atoms with E-state index in [0.29, 0.717) is 30.9 Å². The molecule has 6 heteroatoms. The van der Waals surface area contributed by atoms with Crippen LogP contribution in [0.2, 0.25) is 0 Å². The quantitative estimate of drug-likeness (QED) is 0.347. The van der Waals surface area contributed by atoms with Gasteiger partial charge in [0.25, 0.3) is 0 Å². The first-order chi connectivity index (χ1) is 15.6. The van der Waals surface area contributed by atoms with Gasteiger partial charge in [0.1, 0.15) is 24.7 Å². The summed E-state index contributed by atoms with van der Waals surface area (Å²) in [6, 6.07) is 22.7. The Morgan fingerprint density at radius 3 is 1.59 bits per heavy atom. The lowest BCUT2D eigenvalue weighted by Gasteiger charge is -2.21. The summed E-state index contributed by atoms with van der Waals surface area (Å²) in [5.74, 6) is 1.42. The monoisotopic (exact) mass is 436 g/mol. The van der Waals surface area contributed by atoms with E-state index in [9.17, 15) is 10.2 Å². The second-order valence-corrected chi connectivity index (χ2v) is 7.71. The van der Waals surface area contributed by atoms with Crippen LogP contribution in [0, 0.1) is 0 Å². The highest BCUT2D eigenvalue weighted by Crippen LogP contribution is 2.23. The maximum atomic E-state index is 10.6. The fraction of sp³-hybridized carbons (Fsp3) is 0.308. The summed E-state index contributed by atoms with van der Waals surface area (Å²) in [6.07, 6.45) is -0.639. The number of para-hydroxylation sites is 2. The van der Waals surface area contributed by atoms with Crippen LogP contribution in [0.5, 0.6) is 11.5 Å². The maximum Gasteiger partial charge on any atom is 0.119 e.